The molecule has 2 atom stereocenters. The van der Waals surface area contributed by atoms with Crippen molar-refractivity contribution in [3.05, 3.63) is 34.6 Å². The molecule has 19 heavy (non-hydrogen) atoms. The first-order chi connectivity index (χ1) is 8.45. The number of rotatable bonds is 5. The Hall–Kier alpha value is -0.840. The first-order valence-electron chi connectivity index (χ1n) is 5.85. The Morgan fingerprint density at radius 3 is 2.58 bits per heavy atom. The van der Waals surface area contributed by atoms with Gasteiger partial charge in [0.15, 0.2) is 0 Å². The maximum absolute atomic E-state index is 13.0. The molecule has 0 aliphatic rings. The number of hydrogen-bond acceptors (Lipinski definition) is 2. The molecule has 1 rings (SSSR count). The lowest BCUT2D eigenvalue weighted by Crippen LogP contribution is -2.35. The van der Waals surface area contributed by atoms with E-state index in [1.54, 1.807) is 13.1 Å². The SMILES string of the molecule is CNCC(C)C(=O)NC(C)c1ccc(F)c(Cl)c1.Cl. The lowest BCUT2D eigenvalue weighted by Gasteiger charge is -2.18. The zero-order valence-electron chi connectivity index (χ0n) is 11.2. The predicted octanol–water partition coefficient (Wildman–Crippen LogP) is 2.93. The van der Waals surface area contributed by atoms with Crippen LogP contribution >= 0.6 is 24.0 Å². The van der Waals surface area contributed by atoms with Crippen LogP contribution in [0.15, 0.2) is 18.2 Å². The lowest BCUT2D eigenvalue weighted by molar-refractivity contribution is -0.125. The number of hydrogen-bond donors (Lipinski definition) is 2. The van der Waals surface area contributed by atoms with E-state index in [4.69, 9.17) is 11.6 Å². The van der Waals surface area contributed by atoms with Gasteiger partial charge >= 0.3 is 0 Å². The van der Waals surface area contributed by atoms with Gasteiger partial charge in [0.25, 0.3) is 0 Å². The van der Waals surface area contributed by atoms with Crippen LogP contribution in [-0.4, -0.2) is 19.5 Å². The van der Waals surface area contributed by atoms with Crippen LogP contribution in [0.5, 0.6) is 0 Å². The molecular weight excluding hydrogens is 290 g/mol. The summed E-state index contributed by atoms with van der Waals surface area (Å²) in [6.07, 6.45) is 0. The summed E-state index contributed by atoms with van der Waals surface area (Å²) < 4.78 is 13.0. The monoisotopic (exact) mass is 308 g/mol. The highest BCUT2D eigenvalue weighted by Crippen LogP contribution is 2.20. The highest BCUT2D eigenvalue weighted by molar-refractivity contribution is 6.30. The Labute approximate surface area is 124 Å². The molecule has 1 amide bonds. The fourth-order valence-electron chi connectivity index (χ4n) is 1.62. The van der Waals surface area contributed by atoms with E-state index in [9.17, 15) is 9.18 Å². The average molecular weight is 309 g/mol. The zero-order chi connectivity index (χ0) is 13.7. The Morgan fingerprint density at radius 1 is 1.42 bits per heavy atom. The van der Waals surface area contributed by atoms with E-state index >= 15 is 0 Å². The highest BCUT2D eigenvalue weighted by Gasteiger charge is 2.16. The van der Waals surface area contributed by atoms with Gasteiger partial charge in [0.1, 0.15) is 5.82 Å². The third-order valence-electron chi connectivity index (χ3n) is 2.76. The van der Waals surface area contributed by atoms with Crippen molar-refractivity contribution in [1.82, 2.24) is 10.6 Å². The quantitative estimate of drug-likeness (QED) is 0.878. The largest absolute Gasteiger partial charge is 0.349 e. The normalized spacial score (nSPS) is 13.3. The first kappa shape index (κ1) is 18.2. The number of halogens is 3. The van der Waals surface area contributed by atoms with Crippen molar-refractivity contribution in [1.29, 1.82) is 0 Å². The van der Waals surface area contributed by atoms with Crippen LogP contribution in [0, 0.1) is 11.7 Å². The van der Waals surface area contributed by atoms with Gasteiger partial charge in [-0.3, -0.25) is 4.79 Å². The summed E-state index contributed by atoms with van der Waals surface area (Å²) in [5, 5.41) is 5.88. The second kappa shape index (κ2) is 8.35. The topological polar surface area (TPSA) is 41.1 Å². The van der Waals surface area contributed by atoms with Crippen LogP contribution in [0.2, 0.25) is 5.02 Å². The molecule has 0 saturated carbocycles. The molecule has 0 aliphatic carbocycles. The lowest BCUT2D eigenvalue weighted by atomic mass is 10.1. The summed E-state index contributed by atoms with van der Waals surface area (Å²) in [7, 11) is 1.80. The smallest absolute Gasteiger partial charge is 0.224 e. The molecule has 6 heteroatoms. The molecule has 1 aromatic rings. The Bertz CT molecular complexity index is 429. The van der Waals surface area contributed by atoms with E-state index in [0.29, 0.717) is 6.54 Å². The molecule has 2 unspecified atom stereocenters. The van der Waals surface area contributed by atoms with Gasteiger partial charge in [-0.25, -0.2) is 4.39 Å². The number of benzene rings is 1. The third-order valence-corrected chi connectivity index (χ3v) is 3.05. The first-order valence-corrected chi connectivity index (χ1v) is 6.23. The van der Waals surface area contributed by atoms with Crippen molar-refractivity contribution < 1.29 is 9.18 Å². The number of carbonyl (C=O) groups excluding carboxylic acids is 1. The molecule has 0 radical (unpaired) electrons. The average Bonchev–Trinajstić information content (AvgIpc) is 2.32. The van der Waals surface area contributed by atoms with E-state index in [0.717, 1.165) is 5.56 Å². The fraction of sp³-hybridized carbons (Fsp3) is 0.462. The summed E-state index contributed by atoms with van der Waals surface area (Å²) in [6, 6.07) is 4.26. The van der Waals surface area contributed by atoms with Crippen LogP contribution in [0.4, 0.5) is 4.39 Å². The van der Waals surface area contributed by atoms with Crippen molar-refractivity contribution in [2.24, 2.45) is 5.92 Å². The van der Waals surface area contributed by atoms with Gasteiger partial charge in [-0.05, 0) is 31.7 Å². The van der Waals surface area contributed by atoms with E-state index < -0.39 is 5.82 Å². The minimum Gasteiger partial charge on any atom is -0.349 e. The van der Waals surface area contributed by atoms with Gasteiger partial charge in [0.05, 0.1) is 11.1 Å². The molecule has 0 spiro atoms. The number of amides is 1. The molecule has 0 heterocycles. The summed E-state index contributed by atoms with van der Waals surface area (Å²) in [4.78, 5) is 11.8. The zero-order valence-corrected chi connectivity index (χ0v) is 12.7. The second-order valence-electron chi connectivity index (χ2n) is 4.36. The highest BCUT2D eigenvalue weighted by atomic mass is 35.5. The Morgan fingerprint density at radius 2 is 2.05 bits per heavy atom. The van der Waals surface area contributed by atoms with Crippen molar-refractivity contribution in [2.45, 2.75) is 19.9 Å². The molecule has 0 aromatic heterocycles. The number of carbonyl (C=O) groups is 1. The number of nitrogens with one attached hydrogen (secondary N) is 2. The minimum atomic E-state index is -0.456. The Balaban J connectivity index is 0.00000324. The maximum atomic E-state index is 13.0. The summed E-state index contributed by atoms with van der Waals surface area (Å²) in [5.41, 5.74) is 0.784. The molecule has 0 bridgehead atoms. The third kappa shape index (κ3) is 5.35. The molecule has 2 N–H and O–H groups in total. The van der Waals surface area contributed by atoms with Crippen LogP contribution in [0.3, 0.4) is 0 Å². The fourth-order valence-corrected chi connectivity index (χ4v) is 1.81. The molecule has 0 aliphatic heterocycles. The van der Waals surface area contributed by atoms with Crippen molar-refractivity contribution in [2.75, 3.05) is 13.6 Å². The van der Waals surface area contributed by atoms with E-state index in [-0.39, 0.29) is 35.3 Å². The standard InChI is InChI=1S/C13H18ClFN2O.ClH/c1-8(7-16-3)13(18)17-9(2)10-4-5-12(15)11(14)6-10;/h4-6,8-9,16H,7H2,1-3H3,(H,17,18);1H. The summed E-state index contributed by atoms with van der Waals surface area (Å²) >= 11 is 5.71. The van der Waals surface area contributed by atoms with Crippen LogP contribution in [0.1, 0.15) is 25.5 Å². The van der Waals surface area contributed by atoms with Gasteiger partial charge < -0.3 is 10.6 Å². The summed E-state index contributed by atoms with van der Waals surface area (Å²) in [6.45, 7) is 4.30. The summed E-state index contributed by atoms with van der Waals surface area (Å²) in [5.74, 6) is -0.617. The van der Waals surface area contributed by atoms with Crippen molar-refractivity contribution in [3.8, 4) is 0 Å². The van der Waals surface area contributed by atoms with Crippen LogP contribution in [0.25, 0.3) is 0 Å². The molecule has 3 nitrogen and oxygen atoms in total. The Kier molecular flexibility index (Phi) is 7.99. The maximum Gasteiger partial charge on any atom is 0.224 e. The minimum absolute atomic E-state index is 0. The van der Waals surface area contributed by atoms with Gasteiger partial charge in [-0.1, -0.05) is 24.6 Å². The van der Waals surface area contributed by atoms with Gasteiger partial charge in [-0.15, -0.1) is 12.4 Å². The van der Waals surface area contributed by atoms with E-state index in [1.807, 2.05) is 13.8 Å². The van der Waals surface area contributed by atoms with Crippen LogP contribution in [-0.2, 0) is 4.79 Å². The predicted molar refractivity (Wildman–Crippen MR) is 78.3 cm³/mol. The molecule has 108 valence electrons. The van der Waals surface area contributed by atoms with Gasteiger partial charge in [0.2, 0.25) is 5.91 Å². The van der Waals surface area contributed by atoms with Gasteiger partial charge in [-0.2, -0.15) is 0 Å². The van der Waals surface area contributed by atoms with Crippen molar-refractivity contribution >= 4 is 29.9 Å². The second-order valence-corrected chi connectivity index (χ2v) is 4.77. The molecular formula is C13H19Cl2FN2O. The van der Waals surface area contributed by atoms with Gasteiger partial charge in [0, 0.05) is 12.5 Å². The van der Waals surface area contributed by atoms with E-state index in [1.165, 1.54) is 12.1 Å². The van der Waals surface area contributed by atoms with Crippen LogP contribution < -0.4 is 10.6 Å². The van der Waals surface area contributed by atoms with E-state index in [2.05, 4.69) is 10.6 Å². The molecule has 1 aromatic carbocycles. The molecule has 0 fully saturated rings. The molecule has 0 saturated heterocycles. The van der Waals surface area contributed by atoms with Crippen molar-refractivity contribution in [3.63, 3.8) is 0 Å².